The largest absolute Gasteiger partial charge is 0.394 e. The van der Waals surface area contributed by atoms with Gasteiger partial charge in [0.1, 0.15) is 24.4 Å². The van der Waals surface area contributed by atoms with Gasteiger partial charge in [-0.05, 0) is 12.8 Å². The summed E-state index contributed by atoms with van der Waals surface area (Å²) in [6.07, 6.45) is 15.5. The minimum atomic E-state index is -1.54. The highest BCUT2D eigenvalue weighted by molar-refractivity contribution is 5.76. The van der Waals surface area contributed by atoms with Gasteiger partial charge < -0.3 is 40.3 Å². The van der Waals surface area contributed by atoms with Crippen molar-refractivity contribution in [3.8, 4) is 0 Å². The van der Waals surface area contributed by atoms with Gasteiger partial charge in [-0.2, -0.15) is 0 Å². The summed E-state index contributed by atoms with van der Waals surface area (Å²) in [5.74, 6) is -0.150. The van der Waals surface area contributed by atoms with Crippen LogP contribution in [0.2, 0.25) is 0 Å². The number of ether oxygens (including phenoxy) is 2. The second-order valence-corrected chi connectivity index (χ2v) is 12.3. The molecule has 1 aliphatic rings. The van der Waals surface area contributed by atoms with Gasteiger partial charge in [0.2, 0.25) is 5.91 Å². The van der Waals surface area contributed by atoms with Crippen molar-refractivity contribution in [1.29, 1.82) is 0 Å². The lowest BCUT2D eigenvalue weighted by atomic mass is 9.99. The molecule has 1 aliphatic heterocycles. The van der Waals surface area contributed by atoms with E-state index in [1.165, 1.54) is 83.5 Å². The second-order valence-electron chi connectivity index (χ2n) is 12.3. The standard InChI is InChI=1S/C33H65NO8/c1-3-5-7-9-11-13-15-16-18-20-22-27(36)26(25-41-33-32(40)31(39)30(38)28(24-35)42-33)34-29(37)23-21-19-17-14-12-10-8-6-4-2/h26-28,30-33,35-36,38-40H,3-25H2,1-2H3,(H,34,37). The normalized spacial score (nSPS) is 24.0. The summed E-state index contributed by atoms with van der Waals surface area (Å²) in [7, 11) is 0. The summed E-state index contributed by atoms with van der Waals surface area (Å²) < 4.78 is 11.1. The Morgan fingerprint density at radius 2 is 1.19 bits per heavy atom. The number of carbonyl (C=O) groups is 1. The summed E-state index contributed by atoms with van der Waals surface area (Å²) in [6, 6.07) is -0.706. The molecule has 1 rings (SSSR count). The van der Waals surface area contributed by atoms with Crippen molar-refractivity contribution in [3.63, 3.8) is 0 Å². The van der Waals surface area contributed by atoms with Gasteiger partial charge >= 0.3 is 0 Å². The molecule has 0 radical (unpaired) electrons. The number of rotatable bonds is 27. The van der Waals surface area contributed by atoms with Crippen LogP contribution in [0.1, 0.15) is 149 Å². The van der Waals surface area contributed by atoms with Crippen LogP contribution in [0.3, 0.4) is 0 Å². The zero-order chi connectivity index (χ0) is 31.0. The highest BCUT2D eigenvalue weighted by Crippen LogP contribution is 2.23. The molecule has 1 saturated heterocycles. The third-order valence-corrected chi connectivity index (χ3v) is 8.46. The molecule has 7 unspecified atom stereocenters. The molecule has 0 aromatic rings. The summed E-state index contributed by atoms with van der Waals surface area (Å²) >= 11 is 0. The average molecular weight is 604 g/mol. The van der Waals surface area contributed by atoms with Gasteiger partial charge in [-0.15, -0.1) is 0 Å². The van der Waals surface area contributed by atoms with Crippen molar-refractivity contribution in [1.82, 2.24) is 5.32 Å². The molecular formula is C33H65NO8. The van der Waals surface area contributed by atoms with Crippen molar-refractivity contribution in [2.75, 3.05) is 13.2 Å². The monoisotopic (exact) mass is 603 g/mol. The summed E-state index contributed by atoms with van der Waals surface area (Å²) in [5, 5.41) is 53.7. The maximum Gasteiger partial charge on any atom is 0.220 e. The van der Waals surface area contributed by atoms with Crippen LogP contribution in [0, 0.1) is 0 Å². The zero-order valence-electron chi connectivity index (χ0n) is 26.8. The fourth-order valence-corrected chi connectivity index (χ4v) is 5.57. The molecule has 1 amide bonds. The summed E-state index contributed by atoms with van der Waals surface area (Å²) in [5.41, 5.74) is 0. The van der Waals surface area contributed by atoms with E-state index in [9.17, 15) is 30.3 Å². The van der Waals surface area contributed by atoms with Crippen LogP contribution in [-0.2, 0) is 14.3 Å². The Morgan fingerprint density at radius 3 is 1.69 bits per heavy atom. The Hall–Kier alpha value is -0.810. The molecule has 250 valence electrons. The molecule has 0 spiro atoms. The van der Waals surface area contributed by atoms with Crippen LogP contribution in [0.5, 0.6) is 0 Å². The Labute approximate surface area is 255 Å². The van der Waals surface area contributed by atoms with Gasteiger partial charge in [0.15, 0.2) is 6.29 Å². The molecule has 1 fully saturated rings. The van der Waals surface area contributed by atoms with Crippen LogP contribution < -0.4 is 5.32 Å². The molecule has 1 heterocycles. The molecule has 0 saturated carbocycles. The SMILES string of the molecule is CCCCCCCCCCCCC(O)C(COC1OC(CO)C(O)C(O)C1O)NC(=O)CCCCCCCCCCC. The molecular weight excluding hydrogens is 538 g/mol. The molecule has 6 N–H and O–H groups in total. The molecule has 9 heteroatoms. The fraction of sp³-hybridized carbons (Fsp3) is 0.970. The Kier molecular flexibility index (Phi) is 23.8. The predicted molar refractivity (Wildman–Crippen MR) is 166 cm³/mol. The van der Waals surface area contributed by atoms with Crippen LogP contribution in [0.15, 0.2) is 0 Å². The van der Waals surface area contributed by atoms with Gasteiger partial charge in [-0.3, -0.25) is 4.79 Å². The zero-order valence-corrected chi connectivity index (χ0v) is 26.8. The van der Waals surface area contributed by atoms with Crippen LogP contribution >= 0.6 is 0 Å². The van der Waals surface area contributed by atoms with E-state index in [2.05, 4.69) is 19.2 Å². The number of nitrogens with one attached hydrogen (secondary N) is 1. The van der Waals surface area contributed by atoms with E-state index in [0.717, 1.165) is 38.5 Å². The lowest BCUT2D eigenvalue weighted by Crippen LogP contribution is -2.60. The van der Waals surface area contributed by atoms with Gasteiger partial charge in [-0.25, -0.2) is 0 Å². The third-order valence-electron chi connectivity index (χ3n) is 8.46. The number of carbonyl (C=O) groups excluding carboxylic acids is 1. The molecule has 42 heavy (non-hydrogen) atoms. The van der Waals surface area contributed by atoms with Crippen molar-refractivity contribution in [3.05, 3.63) is 0 Å². The topological polar surface area (TPSA) is 149 Å². The highest BCUT2D eigenvalue weighted by atomic mass is 16.7. The second kappa shape index (κ2) is 25.5. The number of unbranched alkanes of at least 4 members (excludes halogenated alkanes) is 17. The number of amides is 1. The van der Waals surface area contributed by atoms with Crippen molar-refractivity contribution >= 4 is 5.91 Å². The van der Waals surface area contributed by atoms with Crippen molar-refractivity contribution in [2.45, 2.75) is 192 Å². The fourth-order valence-electron chi connectivity index (χ4n) is 5.57. The van der Waals surface area contributed by atoms with E-state index < -0.39 is 49.5 Å². The smallest absolute Gasteiger partial charge is 0.220 e. The quantitative estimate of drug-likeness (QED) is 0.0728. The number of hydrogen-bond acceptors (Lipinski definition) is 8. The van der Waals surface area contributed by atoms with Crippen molar-refractivity contribution < 1.29 is 39.8 Å². The van der Waals surface area contributed by atoms with Crippen molar-refractivity contribution in [2.24, 2.45) is 0 Å². The predicted octanol–water partition coefficient (Wildman–Crippen LogP) is 4.88. The number of aliphatic hydroxyl groups is 5. The minimum absolute atomic E-state index is 0.134. The first-order valence-corrected chi connectivity index (χ1v) is 17.2. The lowest BCUT2D eigenvalue weighted by molar-refractivity contribution is -0.302. The maximum atomic E-state index is 12.8. The van der Waals surface area contributed by atoms with E-state index in [4.69, 9.17) is 9.47 Å². The maximum absolute atomic E-state index is 12.8. The van der Waals surface area contributed by atoms with E-state index >= 15 is 0 Å². The Balaban J connectivity index is 2.49. The average Bonchev–Trinajstić information content (AvgIpc) is 2.98. The lowest BCUT2D eigenvalue weighted by Gasteiger charge is -2.40. The molecule has 0 aromatic carbocycles. The summed E-state index contributed by atoms with van der Waals surface area (Å²) in [6.45, 7) is 3.76. The van der Waals surface area contributed by atoms with E-state index in [1.807, 2.05) is 0 Å². The van der Waals surface area contributed by atoms with Gasteiger partial charge in [0, 0.05) is 6.42 Å². The summed E-state index contributed by atoms with van der Waals surface area (Å²) in [4.78, 5) is 12.8. The van der Waals surface area contributed by atoms with E-state index in [0.29, 0.717) is 12.8 Å². The Bertz CT molecular complexity index is 637. The van der Waals surface area contributed by atoms with Crippen LogP contribution in [-0.4, -0.2) is 87.5 Å². The minimum Gasteiger partial charge on any atom is -0.394 e. The van der Waals surface area contributed by atoms with E-state index in [1.54, 1.807) is 0 Å². The molecule has 0 bridgehead atoms. The third kappa shape index (κ3) is 17.5. The molecule has 0 aromatic heterocycles. The van der Waals surface area contributed by atoms with Gasteiger partial charge in [0.25, 0.3) is 0 Å². The molecule has 9 nitrogen and oxygen atoms in total. The van der Waals surface area contributed by atoms with Crippen LogP contribution in [0.25, 0.3) is 0 Å². The highest BCUT2D eigenvalue weighted by Gasteiger charge is 2.44. The van der Waals surface area contributed by atoms with E-state index in [-0.39, 0.29) is 12.5 Å². The van der Waals surface area contributed by atoms with Crippen LogP contribution in [0.4, 0.5) is 0 Å². The van der Waals surface area contributed by atoms with Gasteiger partial charge in [-0.1, -0.05) is 129 Å². The Morgan fingerprint density at radius 1 is 0.714 bits per heavy atom. The first-order chi connectivity index (χ1) is 20.3. The number of hydrogen-bond donors (Lipinski definition) is 6. The van der Waals surface area contributed by atoms with Gasteiger partial charge in [0.05, 0.1) is 25.4 Å². The first-order valence-electron chi connectivity index (χ1n) is 17.2. The first kappa shape index (κ1) is 39.2. The number of aliphatic hydroxyl groups excluding tert-OH is 5. The molecule has 0 aliphatic carbocycles. The molecule has 7 atom stereocenters.